The van der Waals surface area contributed by atoms with Crippen LogP contribution in [0.15, 0.2) is 30.3 Å². The zero-order valence-corrected chi connectivity index (χ0v) is 22.1. The second-order valence-electron chi connectivity index (χ2n) is 9.66. The minimum Gasteiger partial charge on any atom is -0.507 e. The Balaban J connectivity index is 1.79. The van der Waals surface area contributed by atoms with Crippen LogP contribution in [0.5, 0.6) is 11.5 Å². The van der Waals surface area contributed by atoms with Gasteiger partial charge < -0.3 is 20.1 Å². The van der Waals surface area contributed by atoms with Crippen LogP contribution in [0.4, 0.5) is 4.39 Å². The van der Waals surface area contributed by atoms with Gasteiger partial charge in [0.2, 0.25) is 5.82 Å². The lowest BCUT2D eigenvalue weighted by atomic mass is 9.98. The number of hydrogen-bond acceptors (Lipinski definition) is 7. The minimum atomic E-state index is -0.444. The van der Waals surface area contributed by atoms with Crippen LogP contribution in [-0.2, 0) is 6.54 Å². The molecular weight excluding hydrogens is 475 g/mol. The molecule has 0 spiro atoms. The van der Waals surface area contributed by atoms with Crippen LogP contribution in [0.25, 0.3) is 17.1 Å². The number of phenolic OH excluding ortho intramolecular Hbond substituents is 1. The molecule has 1 amide bonds. The quantitative estimate of drug-likeness (QED) is 0.480. The molecule has 2 heterocycles. The smallest absolute Gasteiger partial charge is 0.289 e. The van der Waals surface area contributed by atoms with E-state index in [1.54, 1.807) is 32.2 Å². The number of methoxy groups -OCH3 is 1. The molecular formula is C27H35FN6O3. The average molecular weight is 511 g/mol. The molecule has 9 nitrogen and oxygen atoms in total. The fourth-order valence-corrected chi connectivity index (χ4v) is 4.53. The summed E-state index contributed by atoms with van der Waals surface area (Å²) in [5.41, 5.74) is 2.20. The van der Waals surface area contributed by atoms with Crippen LogP contribution in [0.2, 0.25) is 0 Å². The van der Waals surface area contributed by atoms with Crippen molar-refractivity contribution in [3.63, 3.8) is 0 Å². The molecule has 0 saturated carbocycles. The van der Waals surface area contributed by atoms with Crippen molar-refractivity contribution in [1.82, 2.24) is 29.9 Å². The van der Waals surface area contributed by atoms with Crippen LogP contribution < -0.4 is 10.1 Å². The summed E-state index contributed by atoms with van der Waals surface area (Å²) in [4.78, 5) is 17.3. The van der Waals surface area contributed by atoms with Crippen LogP contribution in [-0.4, -0.2) is 82.5 Å². The van der Waals surface area contributed by atoms with Crippen LogP contribution in [0.1, 0.15) is 48.4 Å². The lowest BCUT2D eigenvalue weighted by Gasteiger charge is -2.32. The van der Waals surface area contributed by atoms with Gasteiger partial charge in [-0.25, -0.2) is 4.39 Å². The predicted octanol–water partition coefficient (Wildman–Crippen LogP) is 3.41. The monoisotopic (exact) mass is 510 g/mol. The summed E-state index contributed by atoms with van der Waals surface area (Å²) in [5, 5.41) is 22.0. The molecule has 1 fully saturated rings. The number of carbonyl (C=O) groups excluding carboxylic acids is 1. The Morgan fingerprint density at radius 2 is 1.89 bits per heavy atom. The number of amides is 1. The Hall–Kier alpha value is -3.50. The molecule has 37 heavy (non-hydrogen) atoms. The van der Waals surface area contributed by atoms with E-state index in [2.05, 4.69) is 32.4 Å². The summed E-state index contributed by atoms with van der Waals surface area (Å²) in [6, 6.07) is 8.19. The van der Waals surface area contributed by atoms with Gasteiger partial charge in [-0.3, -0.25) is 14.3 Å². The van der Waals surface area contributed by atoms with Crippen molar-refractivity contribution >= 4 is 5.91 Å². The first-order valence-corrected chi connectivity index (χ1v) is 12.6. The predicted molar refractivity (Wildman–Crippen MR) is 140 cm³/mol. The fraction of sp³-hybridized carbons (Fsp3) is 0.444. The summed E-state index contributed by atoms with van der Waals surface area (Å²) in [7, 11) is 3.63. The first kappa shape index (κ1) is 26.6. The topological polar surface area (TPSA) is 95.8 Å². The summed E-state index contributed by atoms with van der Waals surface area (Å²) in [6.07, 6.45) is 0. The highest BCUT2D eigenvalue weighted by atomic mass is 19.1. The zero-order valence-electron chi connectivity index (χ0n) is 22.1. The largest absolute Gasteiger partial charge is 0.507 e. The number of nitrogens with zero attached hydrogens (tertiary/aromatic N) is 5. The molecule has 1 aliphatic rings. The van der Waals surface area contributed by atoms with E-state index in [9.17, 15) is 9.90 Å². The van der Waals surface area contributed by atoms with E-state index in [0.717, 1.165) is 31.7 Å². The van der Waals surface area contributed by atoms with Crippen molar-refractivity contribution in [1.29, 1.82) is 0 Å². The molecule has 1 aromatic heterocycles. The van der Waals surface area contributed by atoms with E-state index >= 15 is 4.39 Å². The number of hydrogen-bond donors (Lipinski definition) is 2. The third kappa shape index (κ3) is 5.60. The number of ether oxygens (including phenoxy) is 1. The number of halogens is 1. The highest BCUT2D eigenvalue weighted by molar-refractivity contribution is 5.92. The van der Waals surface area contributed by atoms with E-state index < -0.39 is 5.91 Å². The normalized spacial score (nSPS) is 14.8. The second kappa shape index (κ2) is 11.3. The van der Waals surface area contributed by atoms with Crippen molar-refractivity contribution in [3.05, 3.63) is 53.1 Å². The van der Waals surface area contributed by atoms with Gasteiger partial charge >= 0.3 is 0 Å². The second-order valence-corrected chi connectivity index (χ2v) is 9.66. The standard InChI is InChI=1S/C27H35FN6O3/c1-6-29-27(36)26-31-30-25(21-14-20(17(2)3)24(37-5)15-23(21)35)34(26)19-8-7-18(22(28)13-19)16-33-11-9-32(4)10-12-33/h7-8,13-15,17,35H,6,9-12,16H2,1-5H3,(H,29,36). The lowest BCUT2D eigenvalue weighted by Crippen LogP contribution is -2.44. The number of carbonyl (C=O) groups is 1. The number of piperazine rings is 1. The molecule has 3 aromatic rings. The summed E-state index contributed by atoms with van der Waals surface area (Å²) >= 11 is 0. The number of phenols is 1. The molecule has 2 N–H and O–H groups in total. The van der Waals surface area contributed by atoms with Gasteiger partial charge in [0.25, 0.3) is 5.91 Å². The summed E-state index contributed by atoms with van der Waals surface area (Å²) < 4.78 is 22.3. The first-order valence-electron chi connectivity index (χ1n) is 12.6. The number of nitrogens with one attached hydrogen (secondary N) is 1. The Morgan fingerprint density at radius 1 is 1.16 bits per heavy atom. The van der Waals surface area contributed by atoms with Crippen molar-refractivity contribution in [2.24, 2.45) is 0 Å². The van der Waals surface area contributed by atoms with E-state index in [4.69, 9.17) is 4.74 Å². The van der Waals surface area contributed by atoms with E-state index in [-0.39, 0.29) is 29.1 Å². The number of rotatable bonds is 8. The van der Waals surface area contributed by atoms with Gasteiger partial charge in [-0.2, -0.15) is 0 Å². The number of aromatic nitrogens is 3. The van der Waals surface area contributed by atoms with E-state index in [1.807, 2.05) is 13.8 Å². The maximum atomic E-state index is 15.4. The van der Waals surface area contributed by atoms with Gasteiger partial charge in [-0.1, -0.05) is 19.9 Å². The first-order chi connectivity index (χ1) is 17.7. The molecule has 0 bridgehead atoms. The number of aromatic hydroxyl groups is 1. The van der Waals surface area contributed by atoms with Crippen LogP contribution in [0, 0.1) is 5.82 Å². The molecule has 0 radical (unpaired) electrons. The molecule has 1 aliphatic heterocycles. The van der Waals surface area contributed by atoms with Gasteiger partial charge in [-0.15, -0.1) is 10.2 Å². The minimum absolute atomic E-state index is 0.00406. The third-order valence-corrected chi connectivity index (χ3v) is 6.70. The van der Waals surface area contributed by atoms with Gasteiger partial charge in [0.05, 0.1) is 18.4 Å². The molecule has 2 aromatic carbocycles. The van der Waals surface area contributed by atoms with Gasteiger partial charge in [0.15, 0.2) is 5.82 Å². The molecule has 4 rings (SSSR count). The fourth-order valence-electron chi connectivity index (χ4n) is 4.53. The highest BCUT2D eigenvalue weighted by Crippen LogP contribution is 2.38. The van der Waals surface area contributed by atoms with Crippen molar-refractivity contribution in [2.45, 2.75) is 33.2 Å². The Bertz CT molecular complexity index is 1270. The molecule has 1 saturated heterocycles. The lowest BCUT2D eigenvalue weighted by molar-refractivity contribution is 0.0943. The van der Waals surface area contributed by atoms with Gasteiger partial charge in [0.1, 0.15) is 17.3 Å². The highest BCUT2D eigenvalue weighted by Gasteiger charge is 2.25. The average Bonchev–Trinajstić information content (AvgIpc) is 3.31. The SMILES string of the molecule is CCNC(=O)c1nnc(-c2cc(C(C)C)c(OC)cc2O)n1-c1ccc(CN2CCN(C)CC2)c(F)c1. The van der Waals surface area contributed by atoms with E-state index in [0.29, 0.717) is 35.7 Å². The summed E-state index contributed by atoms with van der Waals surface area (Å²) in [5.74, 6) is -0.0196. The van der Waals surface area contributed by atoms with Crippen molar-refractivity contribution in [3.8, 4) is 28.6 Å². The molecule has 198 valence electrons. The number of benzene rings is 2. The molecule has 0 atom stereocenters. The van der Waals surface area contributed by atoms with Crippen LogP contribution >= 0.6 is 0 Å². The molecule has 0 unspecified atom stereocenters. The van der Waals surface area contributed by atoms with E-state index in [1.165, 1.54) is 16.7 Å². The van der Waals surface area contributed by atoms with Gasteiger partial charge in [-0.05, 0) is 43.7 Å². The van der Waals surface area contributed by atoms with Crippen LogP contribution in [0.3, 0.4) is 0 Å². The third-order valence-electron chi connectivity index (χ3n) is 6.70. The van der Waals surface area contributed by atoms with Crippen molar-refractivity contribution in [2.75, 3.05) is 46.9 Å². The Morgan fingerprint density at radius 3 is 2.51 bits per heavy atom. The molecule has 10 heteroatoms. The number of likely N-dealkylation sites (N-methyl/N-ethyl adjacent to an activating group) is 1. The van der Waals surface area contributed by atoms with Gasteiger partial charge in [0, 0.05) is 50.9 Å². The maximum absolute atomic E-state index is 15.4. The maximum Gasteiger partial charge on any atom is 0.289 e. The molecule has 0 aliphatic carbocycles. The van der Waals surface area contributed by atoms with Crippen molar-refractivity contribution < 1.29 is 19.0 Å². The zero-order chi connectivity index (χ0) is 26.7. The Kier molecular flexibility index (Phi) is 8.09. The summed E-state index contributed by atoms with van der Waals surface area (Å²) in [6.45, 7) is 10.4. The Labute approximate surface area is 216 Å².